The number of nitrogens with zero attached hydrogens (tertiary/aromatic N) is 2. The number of halogens is 3. The summed E-state index contributed by atoms with van der Waals surface area (Å²) in [5, 5.41) is 2.24. The van der Waals surface area contributed by atoms with Gasteiger partial charge >= 0.3 is 6.18 Å². The summed E-state index contributed by atoms with van der Waals surface area (Å²) in [6.45, 7) is 0. The molecule has 0 bridgehead atoms. The van der Waals surface area contributed by atoms with Crippen LogP contribution in [0, 0.1) is 0 Å². The van der Waals surface area contributed by atoms with Gasteiger partial charge in [0.15, 0.2) is 0 Å². The molecule has 7 heteroatoms. The number of anilines is 1. The van der Waals surface area contributed by atoms with Gasteiger partial charge in [0, 0.05) is 0 Å². The monoisotopic (exact) mass is 317 g/mol. The lowest BCUT2D eigenvalue weighted by Crippen LogP contribution is -2.17. The summed E-state index contributed by atoms with van der Waals surface area (Å²) >= 11 is 0. The van der Waals surface area contributed by atoms with E-state index in [9.17, 15) is 18.0 Å². The van der Waals surface area contributed by atoms with E-state index in [-0.39, 0.29) is 11.4 Å². The molecular weight excluding hydrogens is 307 g/mol. The molecule has 0 spiro atoms. The van der Waals surface area contributed by atoms with Gasteiger partial charge in [0.2, 0.25) is 0 Å². The Morgan fingerprint density at radius 2 is 1.61 bits per heavy atom. The molecular formula is C16H10F3N3O. The van der Waals surface area contributed by atoms with Crippen LogP contribution in [0.15, 0.2) is 54.7 Å². The number of nitrogens with one attached hydrogen (secondary N) is 1. The van der Waals surface area contributed by atoms with E-state index in [2.05, 4.69) is 15.3 Å². The Labute approximate surface area is 129 Å². The van der Waals surface area contributed by atoms with Crippen LogP contribution < -0.4 is 5.32 Å². The molecule has 1 N–H and O–H groups in total. The predicted molar refractivity (Wildman–Crippen MR) is 78.9 cm³/mol. The third kappa shape index (κ3) is 3.13. The number of para-hydroxylation sites is 3. The Hall–Kier alpha value is -2.96. The molecule has 0 aliphatic rings. The minimum Gasteiger partial charge on any atom is -0.320 e. The quantitative estimate of drug-likeness (QED) is 0.780. The van der Waals surface area contributed by atoms with Crippen molar-refractivity contribution in [2.45, 2.75) is 6.18 Å². The highest BCUT2D eigenvalue weighted by Gasteiger charge is 2.33. The van der Waals surface area contributed by atoms with Crippen molar-refractivity contribution in [3.05, 3.63) is 66.0 Å². The summed E-state index contributed by atoms with van der Waals surface area (Å²) in [4.78, 5) is 20.3. The number of amides is 1. The summed E-state index contributed by atoms with van der Waals surface area (Å²) < 4.78 is 38.8. The fraction of sp³-hybridized carbons (Fsp3) is 0.0625. The van der Waals surface area contributed by atoms with Gasteiger partial charge in [0.1, 0.15) is 5.69 Å². The first kappa shape index (κ1) is 15.0. The van der Waals surface area contributed by atoms with Crippen molar-refractivity contribution in [3.8, 4) is 0 Å². The molecule has 3 aromatic rings. The van der Waals surface area contributed by atoms with Gasteiger partial charge in [-0.1, -0.05) is 24.3 Å². The number of carbonyl (C=O) groups is 1. The number of carbonyl (C=O) groups excluding carboxylic acids is 1. The third-order valence-electron chi connectivity index (χ3n) is 3.16. The van der Waals surface area contributed by atoms with Crippen molar-refractivity contribution in [1.82, 2.24) is 9.97 Å². The van der Waals surface area contributed by atoms with Gasteiger partial charge in [-0.2, -0.15) is 13.2 Å². The van der Waals surface area contributed by atoms with Crippen LogP contribution in [0.4, 0.5) is 18.9 Å². The molecule has 1 amide bonds. The van der Waals surface area contributed by atoms with E-state index in [1.54, 1.807) is 24.3 Å². The van der Waals surface area contributed by atoms with Crippen molar-refractivity contribution in [1.29, 1.82) is 0 Å². The second-order valence-electron chi connectivity index (χ2n) is 4.74. The minimum atomic E-state index is -4.56. The highest BCUT2D eigenvalue weighted by molar-refractivity contribution is 6.04. The average molecular weight is 317 g/mol. The molecule has 0 saturated carbocycles. The Balaban J connectivity index is 1.92. The maximum absolute atomic E-state index is 12.9. The summed E-state index contributed by atoms with van der Waals surface area (Å²) in [7, 11) is 0. The minimum absolute atomic E-state index is 0.0549. The lowest BCUT2D eigenvalue weighted by Gasteiger charge is -2.13. The van der Waals surface area contributed by atoms with Crippen LogP contribution >= 0.6 is 0 Å². The first-order valence-corrected chi connectivity index (χ1v) is 6.64. The van der Waals surface area contributed by atoms with E-state index in [1.165, 1.54) is 24.4 Å². The molecule has 1 heterocycles. The van der Waals surface area contributed by atoms with Gasteiger partial charge in [-0.15, -0.1) is 0 Å². The van der Waals surface area contributed by atoms with E-state index in [4.69, 9.17) is 0 Å². The van der Waals surface area contributed by atoms with Crippen molar-refractivity contribution >= 4 is 22.6 Å². The van der Waals surface area contributed by atoms with Crippen LogP contribution in [0.25, 0.3) is 11.0 Å². The number of benzene rings is 2. The van der Waals surface area contributed by atoms with E-state index in [1.807, 2.05) is 0 Å². The molecule has 23 heavy (non-hydrogen) atoms. The van der Waals surface area contributed by atoms with Gasteiger partial charge in [-0.3, -0.25) is 9.78 Å². The zero-order chi connectivity index (χ0) is 16.4. The smallest absolute Gasteiger partial charge is 0.320 e. The van der Waals surface area contributed by atoms with E-state index >= 15 is 0 Å². The van der Waals surface area contributed by atoms with Crippen molar-refractivity contribution < 1.29 is 18.0 Å². The molecule has 0 fully saturated rings. The maximum Gasteiger partial charge on any atom is 0.418 e. The number of hydrogen-bond acceptors (Lipinski definition) is 3. The first-order valence-electron chi connectivity index (χ1n) is 6.64. The van der Waals surface area contributed by atoms with Crippen LogP contribution in [0.1, 0.15) is 16.1 Å². The molecule has 0 aliphatic carbocycles. The second-order valence-corrected chi connectivity index (χ2v) is 4.74. The summed E-state index contributed by atoms with van der Waals surface area (Å²) in [6, 6.07) is 11.7. The zero-order valence-corrected chi connectivity index (χ0v) is 11.6. The standard InChI is InChI=1S/C16H10F3N3O/c17-16(18,19)10-5-1-2-6-11(10)22-15(23)14-9-20-12-7-3-4-8-13(12)21-14/h1-9H,(H,22,23). The number of alkyl halides is 3. The number of rotatable bonds is 2. The fourth-order valence-electron chi connectivity index (χ4n) is 2.09. The molecule has 1 aromatic heterocycles. The second kappa shape index (κ2) is 5.68. The van der Waals surface area contributed by atoms with Gasteiger partial charge < -0.3 is 5.32 Å². The summed E-state index contributed by atoms with van der Waals surface area (Å²) in [5.41, 5.74) is -0.202. The van der Waals surface area contributed by atoms with Crippen molar-refractivity contribution in [2.24, 2.45) is 0 Å². The van der Waals surface area contributed by atoms with Gasteiger partial charge in [0.05, 0.1) is 28.5 Å². The Kier molecular flexibility index (Phi) is 3.69. The van der Waals surface area contributed by atoms with Crippen LogP contribution in [-0.4, -0.2) is 15.9 Å². The SMILES string of the molecule is O=C(Nc1ccccc1C(F)(F)F)c1cnc2ccccc2n1. The molecule has 3 rings (SSSR count). The number of aromatic nitrogens is 2. The van der Waals surface area contributed by atoms with E-state index in [0.29, 0.717) is 11.0 Å². The Morgan fingerprint density at radius 3 is 2.35 bits per heavy atom. The zero-order valence-electron chi connectivity index (χ0n) is 11.6. The molecule has 0 aliphatic heterocycles. The lowest BCUT2D eigenvalue weighted by molar-refractivity contribution is -0.136. The van der Waals surface area contributed by atoms with Crippen molar-refractivity contribution in [3.63, 3.8) is 0 Å². The molecule has 0 unspecified atom stereocenters. The number of fused-ring (bicyclic) bond motifs is 1. The highest BCUT2D eigenvalue weighted by Crippen LogP contribution is 2.34. The third-order valence-corrected chi connectivity index (χ3v) is 3.16. The molecule has 0 radical (unpaired) electrons. The molecule has 4 nitrogen and oxygen atoms in total. The first-order chi connectivity index (χ1) is 10.9. The Morgan fingerprint density at radius 1 is 0.957 bits per heavy atom. The molecule has 116 valence electrons. The van der Waals surface area contributed by atoms with Crippen LogP contribution in [0.2, 0.25) is 0 Å². The largest absolute Gasteiger partial charge is 0.418 e. The fourth-order valence-corrected chi connectivity index (χ4v) is 2.09. The molecule has 0 atom stereocenters. The normalized spacial score (nSPS) is 11.4. The van der Waals surface area contributed by atoms with Crippen LogP contribution in [-0.2, 0) is 6.18 Å². The highest BCUT2D eigenvalue weighted by atomic mass is 19.4. The van der Waals surface area contributed by atoms with Gasteiger partial charge in [-0.25, -0.2) is 4.98 Å². The van der Waals surface area contributed by atoms with Crippen LogP contribution in [0.5, 0.6) is 0 Å². The Bertz CT molecular complexity index is 878. The topological polar surface area (TPSA) is 54.9 Å². The summed E-state index contributed by atoms with van der Waals surface area (Å²) in [5.74, 6) is -0.750. The molecule has 0 saturated heterocycles. The predicted octanol–water partition coefficient (Wildman–Crippen LogP) is 3.90. The molecule has 2 aromatic carbocycles. The average Bonchev–Trinajstić information content (AvgIpc) is 2.54. The van der Waals surface area contributed by atoms with Crippen LogP contribution in [0.3, 0.4) is 0 Å². The van der Waals surface area contributed by atoms with Crippen molar-refractivity contribution in [2.75, 3.05) is 5.32 Å². The maximum atomic E-state index is 12.9. The van der Waals surface area contributed by atoms with Gasteiger partial charge in [-0.05, 0) is 24.3 Å². The number of hydrogen-bond donors (Lipinski definition) is 1. The van der Waals surface area contributed by atoms with E-state index < -0.39 is 17.6 Å². The van der Waals surface area contributed by atoms with E-state index in [0.717, 1.165) is 6.07 Å². The lowest BCUT2D eigenvalue weighted by atomic mass is 10.1. The summed E-state index contributed by atoms with van der Waals surface area (Å²) in [6.07, 6.45) is -3.33. The van der Waals surface area contributed by atoms with Gasteiger partial charge in [0.25, 0.3) is 5.91 Å².